The minimum atomic E-state index is 0.127. The molecule has 1 saturated heterocycles. The van der Waals surface area contributed by atoms with Crippen molar-refractivity contribution >= 4 is 5.95 Å². The number of aromatic nitrogens is 2. The second kappa shape index (κ2) is 6.88. The lowest BCUT2D eigenvalue weighted by Crippen LogP contribution is -2.43. The topological polar surface area (TPSA) is 50.3 Å². The Morgan fingerprint density at radius 1 is 1.40 bits per heavy atom. The molecule has 1 aromatic rings. The molecule has 1 atom stereocenters. The molecule has 1 aliphatic rings. The number of nitrogens with zero attached hydrogens (tertiary/aromatic N) is 3. The highest BCUT2D eigenvalue weighted by atomic mass is 16.5. The molecule has 5 heteroatoms. The molecule has 0 aliphatic carbocycles. The van der Waals surface area contributed by atoms with Crippen LogP contribution in [0.5, 0.6) is 5.88 Å². The number of rotatable bonds is 5. The first-order valence-electron chi connectivity index (χ1n) is 7.51. The van der Waals surface area contributed by atoms with E-state index in [-0.39, 0.29) is 6.10 Å². The SMILES string of the molecule is Cc1cc(OC(C)C)nc(N(C)CC2CCCCN2)n1. The van der Waals surface area contributed by atoms with Crippen molar-refractivity contribution in [3.63, 3.8) is 0 Å². The van der Waals surface area contributed by atoms with Crippen molar-refractivity contribution in [1.82, 2.24) is 15.3 Å². The number of hydrogen-bond acceptors (Lipinski definition) is 5. The Morgan fingerprint density at radius 2 is 2.20 bits per heavy atom. The number of anilines is 1. The fourth-order valence-corrected chi connectivity index (χ4v) is 2.49. The third-order valence-electron chi connectivity index (χ3n) is 3.42. The lowest BCUT2D eigenvalue weighted by atomic mass is 10.0. The molecule has 0 bridgehead atoms. The van der Waals surface area contributed by atoms with E-state index >= 15 is 0 Å². The normalized spacial score (nSPS) is 19.1. The van der Waals surface area contributed by atoms with Gasteiger partial charge in [0, 0.05) is 31.4 Å². The molecule has 5 nitrogen and oxygen atoms in total. The summed E-state index contributed by atoms with van der Waals surface area (Å²) < 4.78 is 5.68. The molecule has 2 rings (SSSR count). The predicted octanol–water partition coefficient (Wildman–Crippen LogP) is 2.15. The van der Waals surface area contributed by atoms with Crippen LogP contribution in [0.4, 0.5) is 5.95 Å². The zero-order valence-electron chi connectivity index (χ0n) is 13.0. The van der Waals surface area contributed by atoms with Gasteiger partial charge in [-0.25, -0.2) is 4.98 Å². The van der Waals surface area contributed by atoms with Gasteiger partial charge in [0.2, 0.25) is 11.8 Å². The summed E-state index contributed by atoms with van der Waals surface area (Å²) in [6, 6.07) is 2.42. The number of piperidine rings is 1. The monoisotopic (exact) mass is 278 g/mol. The summed E-state index contributed by atoms with van der Waals surface area (Å²) >= 11 is 0. The van der Waals surface area contributed by atoms with E-state index in [1.54, 1.807) is 0 Å². The van der Waals surface area contributed by atoms with E-state index < -0.39 is 0 Å². The fourth-order valence-electron chi connectivity index (χ4n) is 2.49. The molecule has 20 heavy (non-hydrogen) atoms. The van der Waals surface area contributed by atoms with Gasteiger partial charge in [-0.15, -0.1) is 0 Å². The molecule has 2 heterocycles. The van der Waals surface area contributed by atoms with Gasteiger partial charge in [0.05, 0.1) is 6.10 Å². The van der Waals surface area contributed by atoms with Crippen LogP contribution >= 0.6 is 0 Å². The number of hydrogen-bond donors (Lipinski definition) is 1. The van der Waals surface area contributed by atoms with Gasteiger partial charge >= 0.3 is 0 Å². The van der Waals surface area contributed by atoms with Crippen molar-refractivity contribution in [2.45, 2.75) is 52.2 Å². The maximum absolute atomic E-state index is 5.68. The van der Waals surface area contributed by atoms with E-state index in [0.717, 1.165) is 24.7 Å². The second-order valence-corrected chi connectivity index (χ2v) is 5.84. The van der Waals surface area contributed by atoms with Crippen molar-refractivity contribution in [2.24, 2.45) is 0 Å². The number of aryl methyl sites for hydroxylation is 1. The molecule has 1 aliphatic heterocycles. The van der Waals surface area contributed by atoms with E-state index in [0.29, 0.717) is 11.9 Å². The van der Waals surface area contributed by atoms with Crippen LogP contribution in [0.25, 0.3) is 0 Å². The number of nitrogens with one attached hydrogen (secondary N) is 1. The minimum Gasteiger partial charge on any atom is -0.475 e. The maximum atomic E-state index is 5.68. The standard InChI is InChI=1S/C15H26N4O/c1-11(2)20-14-9-12(3)17-15(18-14)19(4)10-13-7-5-6-8-16-13/h9,11,13,16H,5-8,10H2,1-4H3. The van der Waals surface area contributed by atoms with E-state index in [1.165, 1.54) is 19.3 Å². The number of ether oxygens (including phenoxy) is 1. The third kappa shape index (κ3) is 4.34. The van der Waals surface area contributed by atoms with Gasteiger partial charge in [0.15, 0.2) is 0 Å². The highest BCUT2D eigenvalue weighted by Gasteiger charge is 2.17. The van der Waals surface area contributed by atoms with Gasteiger partial charge in [-0.2, -0.15) is 4.98 Å². The van der Waals surface area contributed by atoms with E-state index in [4.69, 9.17) is 4.74 Å². The average molecular weight is 278 g/mol. The van der Waals surface area contributed by atoms with Gasteiger partial charge in [-0.05, 0) is 40.2 Å². The molecule has 112 valence electrons. The van der Waals surface area contributed by atoms with E-state index in [9.17, 15) is 0 Å². The van der Waals surface area contributed by atoms with E-state index in [2.05, 4.69) is 20.2 Å². The Balaban J connectivity index is 2.04. The number of likely N-dealkylation sites (N-methyl/N-ethyl adjacent to an activating group) is 1. The van der Waals surface area contributed by atoms with Crippen LogP contribution in [-0.4, -0.2) is 42.3 Å². The first-order valence-corrected chi connectivity index (χ1v) is 7.51. The van der Waals surface area contributed by atoms with Gasteiger partial charge in [-0.3, -0.25) is 0 Å². The molecule has 0 radical (unpaired) electrons. The molecule has 0 saturated carbocycles. The van der Waals surface area contributed by atoms with Gasteiger partial charge < -0.3 is 15.0 Å². The summed E-state index contributed by atoms with van der Waals surface area (Å²) in [5.74, 6) is 1.40. The maximum Gasteiger partial charge on any atom is 0.228 e. The Bertz CT molecular complexity index is 430. The Labute approximate surface area is 121 Å². The van der Waals surface area contributed by atoms with Gasteiger partial charge in [0.1, 0.15) is 0 Å². The Kier molecular flexibility index (Phi) is 5.17. The Morgan fingerprint density at radius 3 is 2.85 bits per heavy atom. The molecular formula is C15H26N4O. The molecule has 1 N–H and O–H groups in total. The summed E-state index contributed by atoms with van der Waals surface area (Å²) in [6.45, 7) is 8.05. The summed E-state index contributed by atoms with van der Waals surface area (Å²) in [5.41, 5.74) is 0.939. The van der Waals surface area contributed by atoms with Crippen molar-refractivity contribution in [3.8, 4) is 5.88 Å². The summed E-state index contributed by atoms with van der Waals surface area (Å²) in [7, 11) is 2.05. The van der Waals surface area contributed by atoms with Crippen molar-refractivity contribution in [3.05, 3.63) is 11.8 Å². The molecule has 1 aromatic heterocycles. The molecule has 1 unspecified atom stereocenters. The van der Waals surface area contributed by atoms with Crippen molar-refractivity contribution in [2.75, 3.05) is 25.0 Å². The molecule has 0 aromatic carbocycles. The van der Waals surface area contributed by atoms with Crippen LogP contribution in [0.3, 0.4) is 0 Å². The fraction of sp³-hybridized carbons (Fsp3) is 0.733. The second-order valence-electron chi connectivity index (χ2n) is 5.84. The highest BCUT2D eigenvalue weighted by Crippen LogP contribution is 2.17. The molecule has 0 spiro atoms. The average Bonchev–Trinajstić information content (AvgIpc) is 2.38. The summed E-state index contributed by atoms with van der Waals surface area (Å²) in [4.78, 5) is 11.1. The van der Waals surface area contributed by atoms with Crippen LogP contribution in [0.2, 0.25) is 0 Å². The first-order chi connectivity index (χ1) is 9.54. The zero-order valence-corrected chi connectivity index (χ0v) is 13.0. The van der Waals surface area contributed by atoms with Crippen LogP contribution in [0.15, 0.2) is 6.07 Å². The van der Waals surface area contributed by atoms with Crippen LogP contribution in [0.1, 0.15) is 38.8 Å². The van der Waals surface area contributed by atoms with Crippen molar-refractivity contribution < 1.29 is 4.74 Å². The first kappa shape index (κ1) is 15.0. The lowest BCUT2D eigenvalue weighted by Gasteiger charge is -2.28. The third-order valence-corrected chi connectivity index (χ3v) is 3.42. The largest absolute Gasteiger partial charge is 0.475 e. The summed E-state index contributed by atoms with van der Waals surface area (Å²) in [6.07, 6.45) is 3.95. The molecule has 1 fully saturated rings. The van der Waals surface area contributed by atoms with Crippen LogP contribution in [0, 0.1) is 6.92 Å². The van der Waals surface area contributed by atoms with E-state index in [1.807, 2.05) is 33.9 Å². The van der Waals surface area contributed by atoms with Crippen LogP contribution in [-0.2, 0) is 0 Å². The lowest BCUT2D eigenvalue weighted by molar-refractivity contribution is 0.232. The quantitative estimate of drug-likeness (QED) is 0.894. The zero-order chi connectivity index (χ0) is 14.5. The van der Waals surface area contributed by atoms with Crippen molar-refractivity contribution in [1.29, 1.82) is 0 Å². The highest BCUT2D eigenvalue weighted by molar-refractivity contribution is 5.33. The Hall–Kier alpha value is -1.36. The summed E-state index contributed by atoms with van der Waals surface area (Å²) in [5, 5.41) is 3.55. The predicted molar refractivity (Wildman–Crippen MR) is 81.4 cm³/mol. The van der Waals surface area contributed by atoms with Gasteiger partial charge in [0.25, 0.3) is 0 Å². The molecular weight excluding hydrogens is 252 g/mol. The van der Waals surface area contributed by atoms with Crippen LogP contribution < -0.4 is 15.0 Å². The minimum absolute atomic E-state index is 0.127. The molecule has 0 amide bonds. The smallest absolute Gasteiger partial charge is 0.228 e. The van der Waals surface area contributed by atoms with Gasteiger partial charge in [-0.1, -0.05) is 6.42 Å².